The quantitative estimate of drug-likeness (QED) is 0.763. The topological polar surface area (TPSA) is 44.4 Å². The van der Waals surface area contributed by atoms with Crippen molar-refractivity contribution in [1.29, 1.82) is 0 Å². The van der Waals surface area contributed by atoms with Crippen molar-refractivity contribution in [2.24, 2.45) is 0 Å². The molecule has 0 spiro atoms. The summed E-state index contributed by atoms with van der Waals surface area (Å²) < 4.78 is 0. The molecule has 1 saturated heterocycles. The SMILES string of the molecule is CN(C)C1CCCC(NC(=O)C2CCCN2)C1. The Labute approximate surface area is 104 Å². The summed E-state index contributed by atoms with van der Waals surface area (Å²) in [5, 5.41) is 6.48. The van der Waals surface area contributed by atoms with E-state index in [-0.39, 0.29) is 11.9 Å². The number of carbonyl (C=O) groups excluding carboxylic acids is 1. The molecule has 1 heterocycles. The summed E-state index contributed by atoms with van der Waals surface area (Å²) in [5.41, 5.74) is 0. The van der Waals surface area contributed by atoms with Gasteiger partial charge in [0.2, 0.25) is 5.91 Å². The van der Waals surface area contributed by atoms with Crippen LogP contribution in [0.3, 0.4) is 0 Å². The molecule has 1 amide bonds. The third kappa shape index (κ3) is 3.42. The van der Waals surface area contributed by atoms with E-state index >= 15 is 0 Å². The molecular formula is C13H25N3O. The molecule has 2 fully saturated rings. The fourth-order valence-corrected chi connectivity index (χ4v) is 2.97. The summed E-state index contributed by atoms with van der Waals surface area (Å²) in [4.78, 5) is 14.3. The molecule has 0 aromatic carbocycles. The monoisotopic (exact) mass is 239 g/mol. The maximum absolute atomic E-state index is 12.0. The van der Waals surface area contributed by atoms with Crippen molar-refractivity contribution in [3.8, 4) is 0 Å². The van der Waals surface area contributed by atoms with E-state index in [1.807, 2.05) is 0 Å². The number of rotatable bonds is 3. The first-order valence-electron chi connectivity index (χ1n) is 6.87. The first-order valence-corrected chi connectivity index (χ1v) is 6.87. The molecule has 1 aliphatic heterocycles. The fourth-order valence-electron chi connectivity index (χ4n) is 2.97. The van der Waals surface area contributed by atoms with Crippen molar-refractivity contribution >= 4 is 5.91 Å². The Balaban J connectivity index is 1.79. The lowest BCUT2D eigenvalue weighted by molar-refractivity contribution is -0.123. The fraction of sp³-hybridized carbons (Fsp3) is 0.923. The average molecular weight is 239 g/mol. The molecule has 17 heavy (non-hydrogen) atoms. The first kappa shape index (κ1) is 12.8. The third-order valence-corrected chi connectivity index (χ3v) is 4.10. The lowest BCUT2D eigenvalue weighted by atomic mass is 9.90. The van der Waals surface area contributed by atoms with Gasteiger partial charge in [-0.1, -0.05) is 0 Å². The van der Waals surface area contributed by atoms with E-state index in [0.29, 0.717) is 12.1 Å². The van der Waals surface area contributed by atoms with Crippen LogP contribution < -0.4 is 10.6 Å². The van der Waals surface area contributed by atoms with Crippen molar-refractivity contribution in [3.63, 3.8) is 0 Å². The molecular weight excluding hydrogens is 214 g/mol. The molecule has 1 saturated carbocycles. The van der Waals surface area contributed by atoms with Crippen LogP contribution in [-0.4, -0.2) is 49.6 Å². The normalized spacial score (nSPS) is 33.9. The molecule has 0 radical (unpaired) electrons. The summed E-state index contributed by atoms with van der Waals surface area (Å²) >= 11 is 0. The molecule has 2 N–H and O–H groups in total. The number of nitrogens with one attached hydrogen (secondary N) is 2. The first-order chi connectivity index (χ1) is 8.16. The van der Waals surface area contributed by atoms with E-state index < -0.39 is 0 Å². The lowest BCUT2D eigenvalue weighted by Gasteiger charge is -2.34. The molecule has 3 atom stereocenters. The van der Waals surface area contributed by atoms with Crippen molar-refractivity contribution in [1.82, 2.24) is 15.5 Å². The summed E-state index contributed by atoms with van der Waals surface area (Å²) in [6.07, 6.45) is 6.86. The van der Waals surface area contributed by atoms with Crippen molar-refractivity contribution in [2.75, 3.05) is 20.6 Å². The highest BCUT2D eigenvalue weighted by atomic mass is 16.2. The van der Waals surface area contributed by atoms with Crippen LogP contribution in [0.15, 0.2) is 0 Å². The zero-order valence-electron chi connectivity index (χ0n) is 11.0. The second kappa shape index (κ2) is 5.83. The van der Waals surface area contributed by atoms with Gasteiger partial charge in [0.05, 0.1) is 6.04 Å². The number of carbonyl (C=O) groups is 1. The summed E-state index contributed by atoms with van der Waals surface area (Å²) in [6.45, 7) is 0.989. The van der Waals surface area contributed by atoms with Crippen LogP contribution in [0.2, 0.25) is 0 Å². The molecule has 2 aliphatic rings. The van der Waals surface area contributed by atoms with Crippen LogP contribution >= 0.6 is 0 Å². The minimum absolute atomic E-state index is 0.0646. The molecule has 0 bridgehead atoms. The number of hydrogen-bond donors (Lipinski definition) is 2. The van der Waals surface area contributed by atoms with Gasteiger partial charge in [-0.2, -0.15) is 0 Å². The van der Waals surface area contributed by atoms with Gasteiger partial charge in [0.1, 0.15) is 0 Å². The Morgan fingerprint density at radius 1 is 1.24 bits per heavy atom. The highest BCUT2D eigenvalue weighted by Gasteiger charge is 2.28. The molecule has 2 rings (SSSR count). The van der Waals surface area contributed by atoms with Gasteiger partial charge < -0.3 is 15.5 Å². The number of amides is 1. The van der Waals surface area contributed by atoms with Gasteiger partial charge in [0, 0.05) is 12.1 Å². The van der Waals surface area contributed by atoms with Crippen LogP contribution in [-0.2, 0) is 4.79 Å². The highest BCUT2D eigenvalue weighted by Crippen LogP contribution is 2.21. The Kier molecular flexibility index (Phi) is 4.40. The zero-order chi connectivity index (χ0) is 12.3. The number of nitrogens with zero attached hydrogens (tertiary/aromatic N) is 1. The van der Waals surface area contributed by atoms with E-state index in [0.717, 1.165) is 32.2 Å². The predicted molar refractivity (Wildman–Crippen MR) is 68.9 cm³/mol. The molecule has 1 aliphatic carbocycles. The van der Waals surface area contributed by atoms with E-state index in [9.17, 15) is 4.79 Å². The summed E-state index contributed by atoms with van der Waals surface area (Å²) in [5.74, 6) is 0.215. The van der Waals surface area contributed by atoms with Crippen molar-refractivity contribution in [3.05, 3.63) is 0 Å². The molecule has 4 nitrogen and oxygen atoms in total. The second-order valence-corrected chi connectivity index (χ2v) is 5.64. The van der Waals surface area contributed by atoms with Crippen molar-refractivity contribution in [2.45, 2.75) is 56.7 Å². The van der Waals surface area contributed by atoms with Gasteiger partial charge in [-0.15, -0.1) is 0 Å². The largest absolute Gasteiger partial charge is 0.352 e. The summed E-state index contributed by atoms with van der Waals surface area (Å²) in [6, 6.07) is 1.08. The smallest absolute Gasteiger partial charge is 0.237 e. The highest BCUT2D eigenvalue weighted by molar-refractivity contribution is 5.82. The number of hydrogen-bond acceptors (Lipinski definition) is 3. The summed E-state index contributed by atoms with van der Waals surface area (Å²) in [7, 11) is 4.26. The van der Waals surface area contributed by atoms with E-state index in [1.165, 1.54) is 12.8 Å². The maximum atomic E-state index is 12.0. The minimum Gasteiger partial charge on any atom is -0.352 e. The molecule has 0 aromatic heterocycles. The lowest BCUT2D eigenvalue weighted by Crippen LogP contribution is -2.48. The second-order valence-electron chi connectivity index (χ2n) is 5.64. The van der Waals surface area contributed by atoms with Crippen LogP contribution in [0.5, 0.6) is 0 Å². The molecule has 3 unspecified atom stereocenters. The zero-order valence-corrected chi connectivity index (χ0v) is 11.0. The predicted octanol–water partition coefficient (Wildman–Crippen LogP) is 0.727. The van der Waals surface area contributed by atoms with Gasteiger partial charge in [-0.05, 0) is 59.2 Å². The maximum Gasteiger partial charge on any atom is 0.237 e. The van der Waals surface area contributed by atoms with E-state index in [4.69, 9.17) is 0 Å². The molecule has 4 heteroatoms. The third-order valence-electron chi connectivity index (χ3n) is 4.10. The van der Waals surface area contributed by atoms with Crippen molar-refractivity contribution < 1.29 is 4.79 Å². The Hall–Kier alpha value is -0.610. The van der Waals surface area contributed by atoms with E-state index in [1.54, 1.807) is 0 Å². The van der Waals surface area contributed by atoms with Crippen LogP contribution in [0.25, 0.3) is 0 Å². The van der Waals surface area contributed by atoms with Crippen LogP contribution in [0.4, 0.5) is 0 Å². The van der Waals surface area contributed by atoms with Gasteiger partial charge in [0.25, 0.3) is 0 Å². The van der Waals surface area contributed by atoms with Gasteiger partial charge in [0.15, 0.2) is 0 Å². The van der Waals surface area contributed by atoms with Crippen LogP contribution in [0.1, 0.15) is 38.5 Å². The minimum atomic E-state index is 0.0646. The van der Waals surface area contributed by atoms with Crippen LogP contribution in [0, 0.1) is 0 Å². The van der Waals surface area contributed by atoms with E-state index in [2.05, 4.69) is 29.6 Å². The van der Waals surface area contributed by atoms with Gasteiger partial charge in [-0.25, -0.2) is 0 Å². The standard InChI is InChI=1S/C13H25N3O/c1-16(2)11-6-3-5-10(9-11)15-13(17)12-7-4-8-14-12/h10-12,14H,3-9H2,1-2H3,(H,15,17). The Morgan fingerprint density at radius 2 is 2.06 bits per heavy atom. The average Bonchev–Trinajstić information content (AvgIpc) is 2.82. The molecule has 98 valence electrons. The molecule has 0 aromatic rings. The van der Waals surface area contributed by atoms with Gasteiger partial charge >= 0.3 is 0 Å². The van der Waals surface area contributed by atoms with Gasteiger partial charge in [-0.3, -0.25) is 4.79 Å². The Morgan fingerprint density at radius 3 is 2.71 bits per heavy atom. The Bertz CT molecular complexity index is 261.